The van der Waals surface area contributed by atoms with Crippen molar-refractivity contribution in [2.24, 2.45) is 5.92 Å². The van der Waals surface area contributed by atoms with E-state index in [4.69, 9.17) is 19.7 Å². The first-order valence-corrected chi connectivity index (χ1v) is 15.8. The van der Waals surface area contributed by atoms with Crippen molar-refractivity contribution >= 4 is 35.4 Å². The minimum Gasteiger partial charge on any atom is -0.504 e. The van der Waals surface area contributed by atoms with Gasteiger partial charge in [0.2, 0.25) is 17.8 Å². The molecule has 0 bridgehead atoms. The zero-order valence-corrected chi connectivity index (χ0v) is 26.1. The molecule has 1 amide bonds. The number of para-hydroxylation sites is 3. The van der Waals surface area contributed by atoms with E-state index in [-0.39, 0.29) is 17.2 Å². The van der Waals surface area contributed by atoms with Gasteiger partial charge in [0.05, 0.1) is 23.8 Å². The Morgan fingerprint density at radius 1 is 0.848 bits per heavy atom. The summed E-state index contributed by atoms with van der Waals surface area (Å²) in [6.45, 7) is 7.57. The summed E-state index contributed by atoms with van der Waals surface area (Å²) in [5, 5.41) is 35.1. The summed E-state index contributed by atoms with van der Waals surface area (Å²) in [5.74, 6) is 0.0491. The Labute approximate surface area is 268 Å². The number of carbonyl (C=O) groups excluding carboxylic acids is 1. The first-order chi connectivity index (χ1) is 22.3. The Hall–Kier alpha value is -5.01. The van der Waals surface area contributed by atoms with Crippen LogP contribution >= 0.6 is 0 Å². The number of hydrogen-bond acceptors (Lipinski definition) is 12. The number of aliphatic carboxylic acids is 1. The molecule has 0 unspecified atom stereocenters. The van der Waals surface area contributed by atoms with E-state index in [9.17, 15) is 24.9 Å². The van der Waals surface area contributed by atoms with Gasteiger partial charge in [0.1, 0.15) is 5.75 Å². The van der Waals surface area contributed by atoms with E-state index < -0.39 is 17.6 Å². The Kier molecular flexibility index (Phi) is 10.8. The molecule has 3 heterocycles. The average molecular weight is 635 g/mol. The lowest BCUT2D eigenvalue weighted by atomic mass is 9.97. The van der Waals surface area contributed by atoms with Gasteiger partial charge in [-0.25, -0.2) is 0 Å². The maximum Gasteiger partial charge on any atom is 0.306 e. The number of hydrogen-bond donors (Lipinski definition) is 5. The van der Waals surface area contributed by atoms with Crippen LogP contribution < -0.4 is 30.1 Å². The number of aromatic nitrogens is 3. The highest BCUT2D eigenvalue weighted by atomic mass is 16.5. The fourth-order valence-corrected chi connectivity index (χ4v) is 5.65. The van der Waals surface area contributed by atoms with Crippen molar-refractivity contribution in [2.75, 3.05) is 79.0 Å². The van der Waals surface area contributed by atoms with Crippen LogP contribution in [-0.4, -0.2) is 101 Å². The van der Waals surface area contributed by atoms with E-state index in [0.717, 1.165) is 24.5 Å². The minimum atomic E-state index is -0.767. The molecule has 2 aliphatic rings. The van der Waals surface area contributed by atoms with E-state index in [1.54, 1.807) is 0 Å². The van der Waals surface area contributed by atoms with Gasteiger partial charge in [-0.3, -0.25) is 9.59 Å². The summed E-state index contributed by atoms with van der Waals surface area (Å²) in [4.78, 5) is 44.6. The molecule has 2 aromatic carbocycles. The highest BCUT2D eigenvalue weighted by Crippen LogP contribution is 2.30. The van der Waals surface area contributed by atoms with Crippen LogP contribution in [0.3, 0.4) is 0 Å². The molecule has 14 nitrogen and oxygen atoms in total. The molecule has 0 atom stereocenters. The van der Waals surface area contributed by atoms with Gasteiger partial charge in [0, 0.05) is 52.4 Å². The van der Waals surface area contributed by atoms with Crippen LogP contribution in [0.25, 0.3) is 0 Å². The first kappa shape index (κ1) is 32.4. The lowest BCUT2D eigenvalue weighted by Gasteiger charge is -2.37. The number of rotatable bonds is 13. The number of nitrogens with zero attached hydrogens (tertiary/aromatic N) is 6. The van der Waals surface area contributed by atoms with Gasteiger partial charge in [-0.05, 0) is 56.9 Å². The molecular formula is C32H42N8O6. The topological polar surface area (TPSA) is 177 Å². The number of carbonyl (C=O) groups is 2. The number of anilines is 4. The van der Waals surface area contributed by atoms with Gasteiger partial charge in [0.25, 0.3) is 5.91 Å². The van der Waals surface area contributed by atoms with E-state index in [1.165, 1.54) is 18.2 Å². The molecule has 2 fully saturated rings. The number of piperazine rings is 1. The number of benzene rings is 2. The molecule has 0 aliphatic carbocycles. The number of phenolic OH excluding ortho intramolecular Hbond substituents is 2. The average Bonchev–Trinajstić information content (AvgIpc) is 3.08. The van der Waals surface area contributed by atoms with Crippen molar-refractivity contribution in [1.29, 1.82) is 0 Å². The second kappa shape index (κ2) is 15.3. The normalized spacial score (nSPS) is 15.5. The molecule has 0 saturated carbocycles. The van der Waals surface area contributed by atoms with E-state index in [2.05, 4.69) is 26.5 Å². The van der Waals surface area contributed by atoms with Crippen molar-refractivity contribution in [3.63, 3.8) is 0 Å². The lowest BCUT2D eigenvalue weighted by Crippen LogP contribution is -2.47. The number of unbranched alkanes of at least 4 members (excludes halogenated alkanes) is 1. The molecule has 1 aromatic heterocycles. The summed E-state index contributed by atoms with van der Waals surface area (Å²) in [7, 11) is 0. The van der Waals surface area contributed by atoms with Gasteiger partial charge in [0.15, 0.2) is 11.5 Å². The smallest absolute Gasteiger partial charge is 0.306 e. The number of piperidine rings is 1. The Morgan fingerprint density at radius 3 is 2.20 bits per heavy atom. The minimum absolute atomic E-state index is 0.0232. The van der Waals surface area contributed by atoms with E-state index in [0.29, 0.717) is 89.4 Å². The number of carboxylic acid groups (broad SMARTS) is 1. The predicted octanol–water partition coefficient (Wildman–Crippen LogP) is 2.93. The third kappa shape index (κ3) is 7.98. The Balaban J connectivity index is 1.20. The van der Waals surface area contributed by atoms with Crippen LogP contribution in [-0.2, 0) is 4.79 Å². The number of carboxylic acids is 1. The summed E-state index contributed by atoms with van der Waals surface area (Å²) < 4.78 is 5.85. The second-order valence-electron chi connectivity index (χ2n) is 11.3. The molecule has 5 rings (SSSR count). The van der Waals surface area contributed by atoms with Gasteiger partial charge in [-0.15, -0.1) is 0 Å². The molecule has 3 aromatic rings. The van der Waals surface area contributed by atoms with Gasteiger partial charge < -0.3 is 45.4 Å². The van der Waals surface area contributed by atoms with Crippen LogP contribution in [0.15, 0.2) is 42.5 Å². The third-order valence-electron chi connectivity index (χ3n) is 8.24. The lowest BCUT2D eigenvalue weighted by molar-refractivity contribution is -0.142. The molecule has 0 radical (unpaired) electrons. The van der Waals surface area contributed by atoms with E-state index in [1.807, 2.05) is 30.0 Å². The third-order valence-corrected chi connectivity index (χ3v) is 8.24. The van der Waals surface area contributed by atoms with Gasteiger partial charge in [-0.2, -0.15) is 15.0 Å². The fourth-order valence-electron chi connectivity index (χ4n) is 5.65. The first-order valence-electron chi connectivity index (χ1n) is 15.8. The Bertz CT molecular complexity index is 1490. The summed E-state index contributed by atoms with van der Waals surface area (Å²) in [5.41, 5.74) is 1.09. The number of phenols is 2. The van der Waals surface area contributed by atoms with Crippen LogP contribution in [0.4, 0.5) is 23.5 Å². The standard InChI is InChI=1S/C32H42N8O6/c1-2-46-26-11-4-3-9-24(26)38-18-20-40(21-19-38)32-36-30(35-31(37-32)39-16-12-22(13-17-39)29(44)45)34-15-6-5-14-33-28(43)23-8-7-10-25(41)27(23)42/h3-4,7-11,22,41-42H,2,5-6,12-21H2,1H3,(H,33,43)(H,44,45)(H,34,35,36,37). The maximum atomic E-state index is 12.4. The highest BCUT2D eigenvalue weighted by Gasteiger charge is 2.28. The molecule has 2 aliphatic heterocycles. The summed E-state index contributed by atoms with van der Waals surface area (Å²) >= 11 is 0. The Morgan fingerprint density at radius 2 is 1.50 bits per heavy atom. The molecule has 5 N–H and O–H groups in total. The molecule has 0 spiro atoms. The zero-order chi connectivity index (χ0) is 32.5. The SMILES string of the molecule is CCOc1ccccc1N1CCN(c2nc(NCCCCNC(=O)c3cccc(O)c3O)nc(N3CCC(C(=O)O)CC3)n2)CC1. The second-order valence-corrected chi connectivity index (χ2v) is 11.3. The summed E-state index contributed by atoms with van der Waals surface area (Å²) in [6.07, 6.45) is 2.44. The largest absolute Gasteiger partial charge is 0.504 e. The number of nitrogens with one attached hydrogen (secondary N) is 2. The summed E-state index contributed by atoms with van der Waals surface area (Å²) in [6, 6.07) is 12.3. The van der Waals surface area contributed by atoms with Crippen molar-refractivity contribution in [2.45, 2.75) is 32.6 Å². The molecule has 14 heteroatoms. The fraction of sp³-hybridized carbons (Fsp3) is 0.469. The van der Waals surface area contributed by atoms with Crippen molar-refractivity contribution in [1.82, 2.24) is 20.3 Å². The van der Waals surface area contributed by atoms with Gasteiger partial charge in [-0.1, -0.05) is 18.2 Å². The van der Waals surface area contributed by atoms with Crippen LogP contribution in [0.5, 0.6) is 17.2 Å². The molecule has 2 saturated heterocycles. The van der Waals surface area contributed by atoms with Crippen molar-refractivity contribution in [3.8, 4) is 17.2 Å². The highest BCUT2D eigenvalue weighted by molar-refractivity contribution is 5.97. The quantitative estimate of drug-likeness (QED) is 0.137. The number of aromatic hydroxyl groups is 2. The monoisotopic (exact) mass is 634 g/mol. The van der Waals surface area contributed by atoms with Crippen molar-refractivity contribution < 1.29 is 29.6 Å². The van der Waals surface area contributed by atoms with E-state index >= 15 is 0 Å². The zero-order valence-electron chi connectivity index (χ0n) is 26.1. The van der Waals surface area contributed by atoms with Crippen LogP contribution in [0, 0.1) is 5.92 Å². The molecular weight excluding hydrogens is 592 g/mol. The molecule has 246 valence electrons. The predicted molar refractivity (Wildman–Crippen MR) is 174 cm³/mol. The maximum absolute atomic E-state index is 12.4. The van der Waals surface area contributed by atoms with Gasteiger partial charge >= 0.3 is 5.97 Å². The van der Waals surface area contributed by atoms with Crippen molar-refractivity contribution in [3.05, 3.63) is 48.0 Å². The molecule has 46 heavy (non-hydrogen) atoms. The van der Waals surface area contributed by atoms with Crippen LogP contribution in [0.2, 0.25) is 0 Å². The number of amides is 1. The number of ether oxygens (including phenoxy) is 1. The van der Waals surface area contributed by atoms with Crippen LogP contribution in [0.1, 0.15) is 43.0 Å².